The molecule has 4 nitrogen and oxygen atoms in total. The molecule has 5 heteroatoms. The Kier molecular flexibility index (Phi) is 3.49. The van der Waals surface area contributed by atoms with Crippen molar-refractivity contribution in [1.82, 2.24) is 15.0 Å². The zero-order valence-corrected chi connectivity index (χ0v) is 9.68. The maximum absolute atomic E-state index is 12.8. The molecule has 1 aromatic carbocycles. The second-order valence-electron chi connectivity index (χ2n) is 3.91. The van der Waals surface area contributed by atoms with Gasteiger partial charge in [0.05, 0.1) is 17.9 Å². The molecule has 0 radical (unpaired) electrons. The molecule has 90 valence electrons. The van der Waals surface area contributed by atoms with Crippen LogP contribution in [0.15, 0.2) is 30.5 Å². The molecule has 0 aliphatic rings. The van der Waals surface area contributed by atoms with Gasteiger partial charge in [0, 0.05) is 6.54 Å². The van der Waals surface area contributed by atoms with Crippen LogP contribution in [0.5, 0.6) is 0 Å². The monoisotopic (exact) mass is 234 g/mol. The largest absolute Gasteiger partial charge is 0.322 e. The van der Waals surface area contributed by atoms with E-state index in [0.29, 0.717) is 6.42 Å². The van der Waals surface area contributed by atoms with E-state index in [1.165, 1.54) is 12.1 Å². The molecular formula is C12H15FN4. The van der Waals surface area contributed by atoms with Crippen molar-refractivity contribution in [3.63, 3.8) is 0 Å². The van der Waals surface area contributed by atoms with Gasteiger partial charge in [0.1, 0.15) is 5.82 Å². The molecule has 1 aromatic heterocycles. The first-order valence-electron chi connectivity index (χ1n) is 5.59. The first-order chi connectivity index (χ1) is 8.20. The van der Waals surface area contributed by atoms with Gasteiger partial charge < -0.3 is 5.73 Å². The van der Waals surface area contributed by atoms with Gasteiger partial charge in [-0.15, -0.1) is 5.10 Å². The molecule has 17 heavy (non-hydrogen) atoms. The molecule has 0 saturated heterocycles. The van der Waals surface area contributed by atoms with Crippen molar-refractivity contribution < 1.29 is 4.39 Å². The maximum atomic E-state index is 12.8. The number of benzene rings is 1. The van der Waals surface area contributed by atoms with Gasteiger partial charge in [-0.25, -0.2) is 9.07 Å². The molecule has 0 bridgehead atoms. The second-order valence-corrected chi connectivity index (χ2v) is 3.91. The predicted molar refractivity (Wildman–Crippen MR) is 62.7 cm³/mol. The highest BCUT2D eigenvalue weighted by atomic mass is 19.1. The summed E-state index contributed by atoms with van der Waals surface area (Å²) in [7, 11) is 0. The summed E-state index contributed by atoms with van der Waals surface area (Å²) in [4.78, 5) is 0. The van der Waals surface area contributed by atoms with Gasteiger partial charge in [0.2, 0.25) is 0 Å². The fourth-order valence-electron chi connectivity index (χ4n) is 1.78. The Morgan fingerprint density at radius 3 is 2.71 bits per heavy atom. The molecule has 2 N–H and O–H groups in total. The van der Waals surface area contributed by atoms with E-state index in [4.69, 9.17) is 5.73 Å². The zero-order valence-electron chi connectivity index (χ0n) is 9.68. The molecule has 0 amide bonds. The molecule has 0 spiro atoms. The van der Waals surface area contributed by atoms with Crippen LogP contribution in [0.25, 0.3) is 0 Å². The number of hydrogen-bond donors (Lipinski definition) is 1. The van der Waals surface area contributed by atoms with Crippen molar-refractivity contribution in [3.05, 3.63) is 47.5 Å². The second kappa shape index (κ2) is 5.05. The Morgan fingerprint density at radius 1 is 1.35 bits per heavy atom. The van der Waals surface area contributed by atoms with Crippen LogP contribution in [0.4, 0.5) is 4.39 Å². The fraction of sp³-hybridized carbons (Fsp3) is 0.333. The predicted octanol–water partition coefficient (Wildman–Crippen LogP) is 1.68. The summed E-state index contributed by atoms with van der Waals surface area (Å²) >= 11 is 0. The molecule has 0 saturated carbocycles. The van der Waals surface area contributed by atoms with E-state index in [1.807, 2.05) is 6.92 Å². The summed E-state index contributed by atoms with van der Waals surface area (Å²) in [6.07, 6.45) is 2.32. The van der Waals surface area contributed by atoms with Crippen molar-refractivity contribution >= 4 is 0 Å². The van der Waals surface area contributed by atoms with E-state index < -0.39 is 0 Å². The topological polar surface area (TPSA) is 56.7 Å². The van der Waals surface area contributed by atoms with Crippen molar-refractivity contribution in [2.24, 2.45) is 5.73 Å². The Morgan fingerprint density at radius 2 is 2.06 bits per heavy atom. The van der Waals surface area contributed by atoms with Gasteiger partial charge in [-0.2, -0.15) is 0 Å². The highest BCUT2D eigenvalue weighted by molar-refractivity contribution is 5.19. The minimum absolute atomic E-state index is 0.171. The Bertz CT molecular complexity index is 478. The number of nitrogens with two attached hydrogens (primary N) is 1. The Hall–Kier alpha value is -1.75. The third-order valence-corrected chi connectivity index (χ3v) is 2.70. The highest BCUT2D eigenvalue weighted by Crippen LogP contribution is 2.15. The molecule has 1 heterocycles. The zero-order chi connectivity index (χ0) is 12.3. The Balaban J connectivity index is 2.11. The van der Waals surface area contributed by atoms with E-state index in [0.717, 1.165) is 17.8 Å². The summed E-state index contributed by atoms with van der Waals surface area (Å²) in [5.41, 5.74) is 7.99. The molecule has 0 aliphatic carbocycles. The molecule has 1 atom stereocenters. The van der Waals surface area contributed by atoms with Gasteiger partial charge in [-0.1, -0.05) is 17.3 Å². The van der Waals surface area contributed by atoms with E-state index >= 15 is 0 Å². The van der Waals surface area contributed by atoms with Gasteiger partial charge in [-0.05, 0) is 31.0 Å². The van der Waals surface area contributed by atoms with Crippen LogP contribution in [-0.4, -0.2) is 15.0 Å². The SMILES string of the molecule is CCn1nncc1C(N)Cc1ccc(F)cc1. The van der Waals surface area contributed by atoms with Gasteiger partial charge >= 0.3 is 0 Å². The van der Waals surface area contributed by atoms with E-state index in [2.05, 4.69) is 10.3 Å². The average Bonchev–Trinajstić information content (AvgIpc) is 2.80. The molecule has 0 fully saturated rings. The average molecular weight is 234 g/mol. The van der Waals surface area contributed by atoms with E-state index in [9.17, 15) is 4.39 Å². The van der Waals surface area contributed by atoms with Gasteiger partial charge in [0.25, 0.3) is 0 Å². The number of rotatable bonds is 4. The minimum atomic E-state index is -0.234. The molecule has 2 rings (SSSR count). The third kappa shape index (κ3) is 2.68. The lowest BCUT2D eigenvalue weighted by Crippen LogP contribution is -2.18. The maximum Gasteiger partial charge on any atom is 0.123 e. The number of aromatic nitrogens is 3. The summed E-state index contributed by atoms with van der Waals surface area (Å²) in [5.74, 6) is -0.234. The fourth-order valence-corrected chi connectivity index (χ4v) is 1.78. The van der Waals surface area contributed by atoms with Gasteiger partial charge in [0.15, 0.2) is 0 Å². The van der Waals surface area contributed by atoms with E-state index in [-0.39, 0.29) is 11.9 Å². The van der Waals surface area contributed by atoms with Crippen molar-refractivity contribution in [2.45, 2.75) is 25.9 Å². The van der Waals surface area contributed by atoms with Crippen LogP contribution in [0, 0.1) is 5.82 Å². The smallest absolute Gasteiger partial charge is 0.123 e. The van der Waals surface area contributed by atoms with Crippen LogP contribution < -0.4 is 5.73 Å². The molecule has 2 aromatic rings. The van der Waals surface area contributed by atoms with Crippen molar-refractivity contribution in [1.29, 1.82) is 0 Å². The number of nitrogens with zero attached hydrogens (tertiary/aromatic N) is 3. The van der Waals surface area contributed by atoms with E-state index in [1.54, 1.807) is 23.0 Å². The van der Waals surface area contributed by atoms with Crippen molar-refractivity contribution in [3.8, 4) is 0 Å². The number of hydrogen-bond acceptors (Lipinski definition) is 3. The van der Waals surface area contributed by atoms with Crippen LogP contribution in [0.3, 0.4) is 0 Å². The van der Waals surface area contributed by atoms with Gasteiger partial charge in [-0.3, -0.25) is 0 Å². The summed E-state index contributed by atoms with van der Waals surface area (Å²) in [6, 6.07) is 6.20. The quantitative estimate of drug-likeness (QED) is 0.875. The lowest BCUT2D eigenvalue weighted by atomic mass is 10.0. The highest BCUT2D eigenvalue weighted by Gasteiger charge is 2.12. The summed E-state index contributed by atoms with van der Waals surface area (Å²) in [6.45, 7) is 2.73. The van der Waals surface area contributed by atoms with Crippen molar-refractivity contribution in [2.75, 3.05) is 0 Å². The Labute approximate surface area is 99.2 Å². The van der Waals surface area contributed by atoms with Crippen LogP contribution in [0.1, 0.15) is 24.2 Å². The first-order valence-corrected chi connectivity index (χ1v) is 5.59. The third-order valence-electron chi connectivity index (χ3n) is 2.70. The van der Waals surface area contributed by atoms with Crippen LogP contribution in [0.2, 0.25) is 0 Å². The van der Waals surface area contributed by atoms with Crippen LogP contribution in [-0.2, 0) is 13.0 Å². The number of aryl methyl sites for hydroxylation is 1. The normalized spacial score (nSPS) is 12.6. The first kappa shape index (κ1) is 11.7. The lowest BCUT2D eigenvalue weighted by Gasteiger charge is -2.12. The minimum Gasteiger partial charge on any atom is -0.322 e. The summed E-state index contributed by atoms with van der Waals surface area (Å²) in [5, 5.41) is 7.78. The summed E-state index contributed by atoms with van der Waals surface area (Å²) < 4.78 is 14.5. The lowest BCUT2D eigenvalue weighted by molar-refractivity contribution is 0.555. The van der Waals surface area contributed by atoms with Crippen LogP contribution >= 0.6 is 0 Å². The molecular weight excluding hydrogens is 219 g/mol. The number of halogens is 1. The standard InChI is InChI=1S/C12H15FN4/c1-2-17-12(8-15-16-17)11(14)7-9-3-5-10(13)6-4-9/h3-6,8,11H,2,7,14H2,1H3. The molecule has 1 unspecified atom stereocenters. The molecule has 0 aliphatic heterocycles.